The number of nitrogens with two attached hydrogens (primary N) is 1. The summed E-state index contributed by atoms with van der Waals surface area (Å²) in [5.41, 5.74) is 5.79. The lowest BCUT2D eigenvalue weighted by molar-refractivity contribution is 0.598. The van der Waals surface area contributed by atoms with Crippen LogP contribution in [0.1, 0.15) is 6.42 Å². The Bertz CT molecular complexity index is 442. The first-order chi connectivity index (χ1) is 7.46. The molecule has 0 heterocycles. The molecule has 0 fully saturated rings. The summed E-state index contributed by atoms with van der Waals surface area (Å²) >= 11 is 6.57. The van der Waals surface area contributed by atoms with Crippen LogP contribution in [0, 0.1) is 0 Å². The van der Waals surface area contributed by atoms with Crippen molar-refractivity contribution in [3.05, 3.63) is 27.1 Å². The molecule has 0 atom stereocenters. The lowest BCUT2D eigenvalue weighted by Gasteiger charge is -2.10. The van der Waals surface area contributed by atoms with Crippen molar-refractivity contribution in [2.24, 2.45) is 5.73 Å². The molecule has 0 aliphatic rings. The van der Waals surface area contributed by atoms with E-state index in [-0.39, 0.29) is 5.75 Å². The standard InChI is InChI=1S/C9H12Br2N2O2S/c10-7-3-1-4-8(11)9(7)13-16(14,15)6-2-5-12/h1,3-4,13H,2,5-6,12H2. The summed E-state index contributed by atoms with van der Waals surface area (Å²) in [5, 5.41) is 0. The van der Waals surface area contributed by atoms with Crippen LogP contribution >= 0.6 is 31.9 Å². The number of hydrogen-bond acceptors (Lipinski definition) is 3. The Hall–Kier alpha value is -0.110. The Morgan fingerprint density at radius 1 is 1.25 bits per heavy atom. The van der Waals surface area contributed by atoms with Gasteiger partial charge in [0.1, 0.15) is 0 Å². The Labute approximate surface area is 112 Å². The molecule has 4 nitrogen and oxygen atoms in total. The van der Waals surface area contributed by atoms with Crippen molar-refractivity contribution < 1.29 is 8.42 Å². The molecule has 0 spiro atoms. The lowest BCUT2D eigenvalue weighted by Crippen LogP contribution is -2.19. The molecule has 0 amide bonds. The van der Waals surface area contributed by atoms with Gasteiger partial charge in [0.25, 0.3) is 0 Å². The molecule has 3 N–H and O–H groups in total. The zero-order chi connectivity index (χ0) is 12.2. The van der Waals surface area contributed by atoms with Gasteiger partial charge in [-0.1, -0.05) is 6.07 Å². The van der Waals surface area contributed by atoms with E-state index in [1.165, 1.54) is 0 Å². The van der Waals surface area contributed by atoms with Crippen LogP contribution in [-0.4, -0.2) is 20.7 Å². The van der Waals surface area contributed by atoms with Gasteiger partial charge in [-0.05, 0) is 57.0 Å². The highest BCUT2D eigenvalue weighted by molar-refractivity contribution is 9.11. The van der Waals surface area contributed by atoms with E-state index in [0.717, 1.165) is 0 Å². The minimum Gasteiger partial charge on any atom is -0.330 e. The SMILES string of the molecule is NCCCS(=O)(=O)Nc1c(Br)cccc1Br. The topological polar surface area (TPSA) is 72.2 Å². The fourth-order valence-electron chi connectivity index (χ4n) is 1.08. The number of anilines is 1. The summed E-state index contributed by atoms with van der Waals surface area (Å²) in [6.07, 6.45) is 0.442. The number of nitrogens with one attached hydrogen (secondary N) is 1. The van der Waals surface area contributed by atoms with E-state index in [1.54, 1.807) is 12.1 Å². The first-order valence-corrected chi connectivity index (χ1v) is 7.84. The number of halogens is 2. The number of rotatable bonds is 5. The van der Waals surface area contributed by atoms with Gasteiger partial charge < -0.3 is 5.73 Å². The predicted molar refractivity (Wildman–Crippen MR) is 72.9 cm³/mol. The van der Waals surface area contributed by atoms with Crippen LogP contribution < -0.4 is 10.5 Å². The fraction of sp³-hybridized carbons (Fsp3) is 0.333. The highest BCUT2D eigenvalue weighted by Crippen LogP contribution is 2.31. The van der Waals surface area contributed by atoms with E-state index in [1.807, 2.05) is 6.07 Å². The molecule has 0 radical (unpaired) electrons. The molecular formula is C9H12Br2N2O2S. The second kappa shape index (κ2) is 6.00. The summed E-state index contributed by atoms with van der Waals surface area (Å²) in [4.78, 5) is 0. The molecule has 0 aliphatic carbocycles. The van der Waals surface area contributed by atoms with E-state index < -0.39 is 10.0 Å². The van der Waals surface area contributed by atoms with E-state index in [2.05, 4.69) is 36.6 Å². The zero-order valence-electron chi connectivity index (χ0n) is 8.41. The second-order valence-corrected chi connectivity index (χ2v) is 6.71. The number of benzene rings is 1. The van der Waals surface area contributed by atoms with Crippen LogP contribution in [-0.2, 0) is 10.0 Å². The van der Waals surface area contributed by atoms with Crippen molar-refractivity contribution in [2.45, 2.75) is 6.42 Å². The van der Waals surface area contributed by atoms with Gasteiger partial charge in [0.15, 0.2) is 0 Å². The van der Waals surface area contributed by atoms with Crippen LogP contribution in [0.5, 0.6) is 0 Å². The molecule has 0 bridgehead atoms. The Balaban J connectivity index is 2.88. The van der Waals surface area contributed by atoms with E-state index in [0.29, 0.717) is 27.6 Å². The average Bonchev–Trinajstić information content (AvgIpc) is 2.21. The van der Waals surface area contributed by atoms with Gasteiger partial charge in [0.05, 0.1) is 11.4 Å². The molecule has 1 aromatic carbocycles. The van der Waals surface area contributed by atoms with Crippen molar-refractivity contribution >= 4 is 47.6 Å². The summed E-state index contributed by atoms with van der Waals surface area (Å²) in [6, 6.07) is 5.35. The minimum absolute atomic E-state index is 0.0251. The molecule has 0 unspecified atom stereocenters. The third kappa shape index (κ3) is 4.04. The second-order valence-electron chi connectivity index (χ2n) is 3.16. The van der Waals surface area contributed by atoms with Gasteiger partial charge in [-0.15, -0.1) is 0 Å². The molecule has 7 heteroatoms. The van der Waals surface area contributed by atoms with Crippen LogP contribution in [0.2, 0.25) is 0 Å². The summed E-state index contributed by atoms with van der Waals surface area (Å²) < 4.78 is 27.2. The Morgan fingerprint density at radius 2 is 1.81 bits per heavy atom. The maximum absolute atomic E-state index is 11.7. The lowest BCUT2D eigenvalue weighted by atomic mass is 10.3. The zero-order valence-corrected chi connectivity index (χ0v) is 12.4. The van der Waals surface area contributed by atoms with Crippen LogP contribution in [0.25, 0.3) is 0 Å². The molecule has 0 aliphatic heterocycles. The summed E-state index contributed by atoms with van der Waals surface area (Å²) in [6.45, 7) is 0.359. The third-order valence-electron chi connectivity index (χ3n) is 1.84. The van der Waals surface area contributed by atoms with Crippen molar-refractivity contribution in [3.63, 3.8) is 0 Å². The Morgan fingerprint density at radius 3 is 2.31 bits per heavy atom. The largest absolute Gasteiger partial charge is 0.330 e. The maximum atomic E-state index is 11.7. The normalized spacial score (nSPS) is 11.4. The number of para-hydroxylation sites is 1. The van der Waals surface area contributed by atoms with Crippen LogP contribution in [0.3, 0.4) is 0 Å². The van der Waals surface area contributed by atoms with Crippen molar-refractivity contribution in [2.75, 3.05) is 17.0 Å². The molecule has 90 valence electrons. The maximum Gasteiger partial charge on any atom is 0.232 e. The van der Waals surface area contributed by atoms with Crippen LogP contribution in [0.15, 0.2) is 27.1 Å². The molecule has 0 aromatic heterocycles. The quantitative estimate of drug-likeness (QED) is 0.834. The van der Waals surface area contributed by atoms with Crippen molar-refractivity contribution in [1.29, 1.82) is 0 Å². The van der Waals surface area contributed by atoms with Gasteiger partial charge >= 0.3 is 0 Å². The number of hydrogen-bond donors (Lipinski definition) is 2. The molecular weight excluding hydrogens is 360 g/mol. The highest BCUT2D eigenvalue weighted by atomic mass is 79.9. The molecule has 0 saturated heterocycles. The smallest absolute Gasteiger partial charge is 0.232 e. The summed E-state index contributed by atoms with van der Waals surface area (Å²) in [7, 11) is -3.33. The van der Waals surface area contributed by atoms with Crippen molar-refractivity contribution in [1.82, 2.24) is 0 Å². The minimum atomic E-state index is -3.33. The van der Waals surface area contributed by atoms with Gasteiger partial charge in [-0.2, -0.15) is 0 Å². The molecule has 1 aromatic rings. The fourth-order valence-corrected chi connectivity index (χ4v) is 3.71. The molecule has 0 saturated carbocycles. The Kier molecular flexibility index (Phi) is 5.23. The van der Waals surface area contributed by atoms with Crippen LogP contribution in [0.4, 0.5) is 5.69 Å². The molecule has 1 rings (SSSR count). The molecule has 16 heavy (non-hydrogen) atoms. The first-order valence-electron chi connectivity index (χ1n) is 4.61. The summed E-state index contributed by atoms with van der Waals surface area (Å²) in [5.74, 6) is 0.0251. The predicted octanol–water partition coefficient (Wildman–Crippen LogP) is 2.30. The number of sulfonamides is 1. The van der Waals surface area contributed by atoms with Crippen molar-refractivity contribution in [3.8, 4) is 0 Å². The van der Waals surface area contributed by atoms with Gasteiger partial charge in [-0.3, -0.25) is 4.72 Å². The van der Waals surface area contributed by atoms with Gasteiger partial charge in [0.2, 0.25) is 10.0 Å². The first kappa shape index (κ1) is 14.0. The monoisotopic (exact) mass is 370 g/mol. The van der Waals surface area contributed by atoms with E-state index in [9.17, 15) is 8.42 Å². The average molecular weight is 372 g/mol. The van der Waals surface area contributed by atoms with Gasteiger partial charge in [0, 0.05) is 8.95 Å². The third-order valence-corrected chi connectivity index (χ3v) is 4.50. The van der Waals surface area contributed by atoms with E-state index >= 15 is 0 Å². The highest BCUT2D eigenvalue weighted by Gasteiger charge is 2.13. The van der Waals surface area contributed by atoms with Gasteiger partial charge in [-0.25, -0.2) is 8.42 Å². The van der Waals surface area contributed by atoms with E-state index in [4.69, 9.17) is 5.73 Å².